The summed E-state index contributed by atoms with van der Waals surface area (Å²) >= 11 is 0. The molecule has 1 N–H and O–H groups in total. The second kappa shape index (κ2) is 7.99. The van der Waals surface area contributed by atoms with Crippen LogP contribution in [0.15, 0.2) is 0 Å². The number of piperidine rings is 1. The van der Waals surface area contributed by atoms with Crippen molar-refractivity contribution in [1.29, 1.82) is 0 Å². The first-order chi connectivity index (χ1) is 9.71. The molecule has 0 spiro atoms. The molecule has 0 aromatic rings. The number of carbonyl (C=O) groups is 1. The van der Waals surface area contributed by atoms with Gasteiger partial charge in [-0.3, -0.25) is 4.79 Å². The summed E-state index contributed by atoms with van der Waals surface area (Å²) in [5, 5.41) is 3.76. The molecular formula is C16H30N2O2. The lowest BCUT2D eigenvalue weighted by Gasteiger charge is -2.39. The van der Waals surface area contributed by atoms with Crippen LogP contribution >= 0.6 is 0 Å². The predicted octanol–water partition coefficient (Wildman–Crippen LogP) is 2.04. The minimum atomic E-state index is -0.0717. The maximum atomic E-state index is 11.3. The van der Waals surface area contributed by atoms with E-state index in [4.69, 9.17) is 4.74 Å². The van der Waals surface area contributed by atoms with Crippen LogP contribution in [0.2, 0.25) is 0 Å². The van der Waals surface area contributed by atoms with Gasteiger partial charge in [0.25, 0.3) is 0 Å². The molecule has 1 saturated heterocycles. The van der Waals surface area contributed by atoms with Crippen LogP contribution in [0.25, 0.3) is 0 Å². The summed E-state index contributed by atoms with van der Waals surface area (Å²) in [5.41, 5.74) is 0. The van der Waals surface area contributed by atoms with Crippen LogP contribution < -0.4 is 5.32 Å². The van der Waals surface area contributed by atoms with Crippen LogP contribution in [0, 0.1) is 11.8 Å². The van der Waals surface area contributed by atoms with E-state index in [2.05, 4.69) is 17.1 Å². The summed E-state index contributed by atoms with van der Waals surface area (Å²) in [4.78, 5) is 13.8. The molecule has 116 valence electrons. The Kier molecular flexibility index (Phi) is 6.30. The van der Waals surface area contributed by atoms with Crippen LogP contribution in [0.5, 0.6) is 0 Å². The van der Waals surface area contributed by atoms with Crippen molar-refractivity contribution in [3.8, 4) is 0 Å². The third kappa shape index (κ3) is 4.74. The van der Waals surface area contributed by atoms with E-state index in [9.17, 15) is 4.79 Å². The first-order valence-electron chi connectivity index (χ1n) is 8.23. The summed E-state index contributed by atoms with van der Waals surface area (Å²) in [6.45, 7) is 6.82. The molecule has 2 fully saturated rings. The molecule has 0 aromatic heterocycles. The highest BCUT2D eigenvalue weighted by Gasteiger charge is 2.27. The number of esters is 1. The van der Waals surface area contributed by atoms with Gasteiger partial charge in [0, 0.05) is 25.6 Å². The molecule has 2 rings (SSSR count). The molecule has 4 heteroatoms. The maximum absolute atomic E-state index is 11.3. The first-order valence-corrected chi connectivity index (χ1v) is 8.23. The van der Waals surface area contributed by atoms with Gasteiger partial charge in [-0.25, -0.2) is 0 Å². The average Bonchev–Trinajstić information content (AvgIpc) is 2.42. The molecule has 0 bridgehead atoms. The van der Waals surface area contributed by atoms with Crippen molar-refractivity contribution < 1.29 is 9.53 Å². The molecule has 2 aliphatic rings. The summed E-state index contributed by atoms with van der Waals surface area (Å²) in [6.07, 6.45) is 6.96. The van der Waals surface area contributed by atoms with E-state index in [-0.39, 0.29) is 5.97 Å². The Morgan fingerprint density at radius 2 is 2.10 bits per heavy atom. The van der Waals surface area contributed by atoms with Crippen LogP contribution in [0.3, 0.4) is 0 Å². The molecule has 0 amide bonds. The van der Waals surface area contributed by atoms with Gasteiger partial charge < -0.3 is 15.0 Å². The third-order valence-corrected chi connectivity index (χ3v) is 4.96. The number of ether oxygens (including phenoxy) is 1. The highest BCUT2D eigenvalue weighted by Crippen LogP contribution is 2.26. The SMILES string of the molecule is CCN1CC(CCC(=O)OC)CC(NCC2CCC2)C1. The number of likely N-dealkylation sites (N-methyl/N-ethyl adjacent to an activating group) is 1. The van der Waals surface area contributed by atoms with Gasteiger partial charge in [0.2, 0.25) is 0 Å². The lowest BCUT2D eigenvalue weighted by atomic mass is 9.84. The van der Waals surface area contributed by atoms with E-state index in [1.54, 1.807) is 0 Å². The minimum absolute atomic E-state index is 0.0717. The number of nitrogens with one attached hydrogen (secondary N) is 1. The van der Waals surface area contributed by atoms with Gasteiger partial charge in [-0.2, -0.15) is 0 Å². The van der Waals surface area contributed by atoms with Crippen molar-refractivity contribution in [2.75, 3.05) is 33.3 Å². The zero-order valence-electron chi connectivity index (χ0n) is 13.1. The van der Waals surface area contributed by atoms with Crippen LogP contribution in [-0.4, -0.2) is 50.2 Å². The predicted molar refractivity (Wildman–Crippen MR) is 80.6 cm³/mol. The summed E-state index contributed by atoms with van der Waals surface area (Å²) in [6, 6.07) is 0.604. The molecule has 4 nitrogen and oxygen atoms in total. The Morgan fingerprint density at radius 3 is 2.70 bits per heavy atom. The Balaban J connectivity index is 1.74. The standard InChI is InChI=1S/C16H30N2O2/c1-3-18-11-14(7-8-16(19)20-2)9-15(12-18)17-10-13-5-4-6-13/h13-15,17H,3-12H2,1-2H3. The number of rotatable bonds is 7. The monoisotopic (exact) mass is 282 g/mol. The topological polar surface area (TPSA) is 41.6 Å². The fourth-order valence-corrected chi connectivity index (χ4v) is 3.37. The number of carbonyl (C=O) groups excluding carboxylic acids is 1. The van der Waals surface area contributed by atoms with Crippen molar-refractivity contribution in [2.24, 2.45) is 11.8 Å². The van der Waals surface area contributed by atoms with Crippen molar-refractivity contribution in [1.82, 2.24) is 10.2 Å². The largest absolute Gasteiger partial charge is 0.469 e. The van der Waals surface area contributed by atoms with Gasteiger partial charge >= 0.3 is 5.97 Å². The van der Waals surface area contributed by atoms with E-state index in [0.29, 0.717) is 18.4 Å². The summed E-state index contributed by atoms with van der Waals surface area (Å²) in [7, 11) is 1.48. The van der Waals surface area contributed by atoms with Crippen molar-refractivity contribution in [3.05, 3.63) is 0 Å². The second-order valence-corrected chi connectivity index (χ2v) is 6.47. The summed E-state index contributed by atoms with van der Waals surface area (Å²) < 4.78 is 4.75. The molecule has 0 aromatic carbocycles. The van der Waals surface area contributed by atoms with E-state index >= 15 is 0 Å². The molecule has 1 heterocycles. The van der Waals surface area contributed by atoms with Crippen LogP contribution in [0.4, 0.5) is 0 Å². The van der Waals surface area contributed by atoms with E-state index in [1.807, 2.05) is 0 Å². The first kappa shape index (κ1) is 15.8. The number of nitrogens with zero attached hydrogens (tertiary/aromatic N) is 1. The Labute approximate surface area is 123 Å². The fourth-order valence-electron chi connectivity index (χ4n) is 3.37. The van der Waals surface area contributed by atoms with E-state index in [0.717, 1.165) is 32.0 Å². The van der Waals surface area contributed by atoms with E-state index in [1.165, 1.54) is 39.3 Å². The van der Waals surface area contributed by atoms with Crippen molar-refractivity contribution in [3.63, 3.8) is 0 Å². The maximum Gasteiger partial charge on any atom is 0.305 e. The number of likely N-dealkylation sites (tertiary alicyclic amines) is 1. The molecule has 0 radical (unpaired) electrons. The zero-order valence-corrected chi connectivity index (χ0v) is 13.1. The van der Waals surface area contributed by atoms with Gasteiger partial charge in [-0.05, 0) is 50.6 Å². The Morgan fingerprint density at radius 1 is 1.30 bits per heavy atom. The normalized spacial score (nSPS) is 28.1. The number of hydrogen-bond donors (Lipinski definition) is 1. The highest BCUT2D eigenvalue weighted by molar-refractivity contribution is 5.69. The lowest BCUT2D eigenvalue weighted by molar-refractivity contribution is -0.141. The molecular weight excluding hydrogens is 252 g/mol. The zero-order chi connectivity index (χ0) is 14.4. The quantitative estimate of drug-likeness (QED) is 0.726. The van der Waals surface area contributed by atoms with Crippen LogP contribution in [-0.2, 0) is 9.53 Å². The second-order valence-electron chi connectivity index (χ2n) is 6.47. The molecule has 20 heavy (non-hydrogen) atoms. The van der Waals surface area contributed by atoms with Gasteiger partial charge in [-0.1, -0.05) is 13.3 Å². The van der Waals surface area contributed by atoms with Gasteiger partial charge in [-0.15, -0.1) is 0 Å². The van der Waals surface area contributed by atoms with Gasteiger partial charge in [0.05, 0.1) is 7.11 Å². The highest BCUT2D eigenvalue weighted by atomic mass is 16.5. The average molecular weight is 282 g/mol. The van der Waals surface area contributed by atoms with Gasteiger partial charge in [0.1, 0.15) is 0 Å². The smallest absolute Gasteiger partial charge is 0.305 e. The Bertz CT molecular complexity index is 305. The minimum Gasteiger partial charge on any atom is -0.469 e. The van der Waals surface area contributed by atoms with Crippen LogP contribution in [0.1, 0.15) is 45.4 Å². The number of hydrogen-bond acceptors (Lipinski definition) is 4. The lowest BCUT2D eigenvalue weighted by Crippen LogP contribution is -2.50. The third-order valence-electron chi connectivity index (χ3n) is 4.96. The van der Waals surface area contributed by atoms with Crippen molar-refractivity contribution >= 4 is 5.97 Å². The molecule has 1 aliphatic carbocycles. The van der Waals surface area contributed by atoms with Gasteiger partial charge in [0.15, 0.2) is 0 Å². The fraction of sp³-hybridized carbons (Fsp3) is 0.938. The molecule has 2 atom stereocenters. The van der Waals surface area contributed by atoms with E-state index < -0.39 is 0 Å². The Hall–Kier alpha value is -0.610. The van der Waals surface area contributed by atoms with Crippen molar-refractivity contribution in [2.45, 2.75) is 51.5 Å². The summed E-state index contributed by atoms with van der Waals surface area (Å²) in [5.74, 6) is 1.47. The molecule has 1 aliphatic heterocycles. The number of methoxy groups -OCH3 is 1. The molecule has 1 saturated carbocycles. The molecule has 2 unspecified atom stereocenters.